The van der Waals surface area contributed by atoms with Gasteiger partial charge in [0.2, 0.25) is 0 Å². The molecule has 120 valence electrons. The highest BCUT2D eigenvalue weighted by molar-refractivity contribution is 5.92. The molecule has 0 saturated heterocycles. The third kappa shape index (κ3) is 5.95. The lowest BCUT2D eigenvalue weighted by Crippen LogP contribution is -2.44. The van der Waals surface area contributed by atoms with E-state index in [1.807, 2.05) is 13.8 Å². The molecular weight excluding hydrogens is 286 g/mol. The summed E-state index contributed by atoms with van der Waals surface area (Å²) in [5, 5.41) is 2.52. The molecule has 0 aliphatic rings. The van der Waals surface area contributed by atoms with Crippen molar-refractivity contribution in [1.82, 2.24) is 5.32 Å². The molecule has 1 atom stereocenters. The van der Waals surface area contributed by atoms with Crippen molar-refractivity contribution in [2.24, 2.45) is 5.92 Å². The number of ether oxygens (including phenoxy) is 2. The third-order valence-electron chi connectivity index (χ3n) is 2.87. The van der Waals surface area contributed by atoms with Crippen molar-refractivity contribution >= 4 is 17.8 Å². The maximum absolute atomic E-state index is 11.8. The summed E-state index contributed by atoms with van der Waals surface area (Å²) >= 11 is 0. The zero-order valence-electron chi connectivity index (χ0n) is 13.0. The van der Waals surface area contributed by atoms with Gasteiger partial charge in [-0.1, -0.05) is 32.0 Å². The molecule has 1 rings (SSSR count). The van der Waals surface area contributed by atoms with Gasteiger partial charge >= 0.3 is 11.9 Å². The molecule has 6 nitrogen and oxygen atoms in total. The summed E-state index contributed by atoms with van der Waals surface area (Å²) in [6.45, 7) is 3.41. The van der Waals surface area contributed by atoms with Gasteiger partial charge in [-0.3, -0.25) is 4.79 Å². The minimum Gasteiger partial charge on any atom is -0.467 e. The molecule has 0 unspecified atom stereocenters. The zero-order valence-corrected chi connectivity index (χ0v) is 13.0. The Balaban J connectivity index is 2.50. The van der Waals surface area contributed by atoms with E-state index in [0.29, 0.717) is 12.0 Å². The largest absolute Gasteiger partial charge is 0.467 e. The molecule has 0 heterocycles. The van der Waals surface area contributed by atoms with Gasteiger partial charge in [-0.15, -0.1) is 0 Å². The molecule has 1 N–H and O–H groups in total. The fraction of sp³-hybridized carbons (Fsp3) is 0.438. The first-order valence-corrected chi connectivity index (χ1v) is 7.03. The molecule has 0 saturated carbocycles. The fourth-order valence-corrected chi connectivity index (χ4v) is 1.85. The van der Waals surface area contributed by atoms with Gasteiger partial charge in [0.15, 0.2) is 6.61 Å². The number of amides is 1. The third-order valence-corrected chi connectivity index (χ3v) is 2.87. The van der Waals surface area contributed by atoms with Crippen molar-refractivity contribution in [2.45, 2.75) is 26.3 Å². The molecule has 22 heavy (non-hydrogen) atoms. The van der Waals surface area contributed by atoms with E-state index >= 15 is 0 Å². The number of nitrogens with one attached hydrogen (secondary N) is 1. The van der Waals surface area contributed by atoms with Crippen LogP contribution in [0.25, 0.3) is 0 Å². The molecule has 0 bridgehead atoms. The van der Waals surface area contributed by atoms with Crippen LogP contribution in [0, 0.1) is 5.92 Å². The topological polar surface area (TPSA) is 81.7 Å². The van der Waals surface area contributed by atoms with Crippen LogP contribution in [-0.4, -0.2) is 37.6 Å². The summed E-state index contributed by atoms with van der Waals surface area (Å²) in [5.74, 6) is -1.44. The Bertz CT molecular complexity index is 513. The first-order chi connectivity index (χ1) is 10.4. The number of hydrogen-bond donors (Lipinski definition) is 1. The smallest absolute Gasteiger partial charge is 0.338 e. The second kappa shape index (κ2) is 8.81. The number of esters is 2. The first-order valence-electron chi connectivity index (χ1n) is 7.03. The van der Waals surface area contributed by atoms with Gasteiger partial charge in [-0.25, -0.2) is 9.59 Å². The van der Waals surface area contributed by atoms with Crippen molar-refractivity contribution < 1.29 is 23.9 Å². The Kier molecular flexibility index (Phi) is 7.08. The van der Waals surface area contributed by atoms with Crippen molar-refractivity contribution in [3.05, 3.63) is 35.9 Å². The lowest BCUT2D eigenvalue weighted by atomic mass is 10.0. The van der Waals surface area contributed by atoms with Crippen molar-refractivity contribution in [3.63, 3.8) is 0 Å². The molecule has 0 aliphatic heterocycles. The molecule has 0 spiro atoms. The molecule has 0 radical (unpaired) electrons. The van der Waals surface area contributed by atoms with Crippen LogP contribution in [-0.2, 0) is 19.1 Å². The molecular formula is C16H21NO5. The lowest BCUT2D eigenvalue weighted by Gasteiger charge is -2.18. The number of carbonyl (C=O) groups excluding carboxylic acids is 3. The van der Waals surface area contributed by atoms with E-state index in [9.17, 15) is 14.4 Å². The number of benzene rings is 1. The molecule has 0 fully saturated rings. The number of hydrogen-bond acceptors (Lipinski definition) is 5. The van der Waals surface area contributed by atoms with E-state index < -0.39 is 30.5 Å². The Morgan fingerprint density at radius 1 is 1.14 bits per heavy atom. The Hall–Kier alpha value is -2.37. The quantitative estimate of drug-likeness (QED) is 0.773. The summed E-state index contributed by atoms with van der Waals surface area (Å²) in [4.78, 5) is 35.1. The monoisotopic (exact) mass is 307 g/mol. The Morgan fingerprint density at radius 2 is 1.77 bits per heavy atom. The average Bonchev–Trinajstić information content (AvgIpc) is 2.51. The highest BCUT2D eigenvalue weighted by Crippen LogP contribution is 2.06. The number of rotatable bonds is 7. The van der Waals surface area contributed by atoms with Crippen molar-refractivity contribution in [2.75, 3.05) is 13.7 Å². The highest BCUT2D eigenvalue weighted by atomic mass is 16.5. The van der Waals surface area contributed by atoms with E-state index in [1.54, 1.807) is 30.3 Å². The van der Waals surface area contributed by atoms with E-state index in [-0.39, 0.29) is 5.92 Å². The molecule has 1 amide bonds. The van der Waals surface area contributed by atoms with Crippen molar-refractivity contribution in [3.8, 4) is 0 Å². The van der Waals surface area contributed by atoms with Gasteiger partial charge in [0.25, 0.3) is 5.91 Å². The Labute approximate surface area is 129 Å². The van der Waals surface area contributed by atoms with Crippen LogP contribution >= 0.6 is 0 Å². The van der Waals surface area contributed by atoms with E-state index in [0.717, 1.165) is 0 Å². The van der Waals surface area contributed by atoms with Crippen molar-refractivity contribution in [1.29, 1.82) is 0 Å². The summed E-state index contributed by atoms with van der Waals surface area (Å²) < 4.78 is 9.55. The van der Waals surface area contributed by atoms with Gasteiger partial charge in [0.05, 0.1) is 12.7 Å². The molecule has 0 aliphatic carbocycles. The second-order valence-electron chi connectivity index (χ2n) is 5.21. The molecule has 1 aromatic carbocycles. The van der Waals surface area contributed by atoms with Gasteiger partial charge < -0.3 is 14.8 Å². The summed E-state index contributed by atoms with van der Waals surface area (Å²) in [6.07, 6.45) is 0.449. The van der Waals surface area contributed by atoms with Gasteiger partial charge in [0.1, 0.15) is 6.04 Å². The Morgan fingerprint density at radius 3 is 2.32 bits per heavy atom. The predicted molar refractivity (Wildman–Crippen MR) is 80.1 cm³/mol. The normalized spacial score (nSPS) is 11.6. The summed E-state index contributed by atoms with van der Waals surface area (Å²) in [5.41, 5.74) is 0.363. The van der Waals surface area contributed by atoms with Gasteiger partial charge in [-0.2, -0.15) is 0 Å². The van der Waals surface area contributed by atoms with E-state index in [2.05, 4.69) is 10.1 Å². The molecule has 0 aromatic heterocycles. The predicted octanol–water partition coefficient (Wildman–Crippen LogP) is 1.55. The highest BCUT2D eigenvalue weighted by Gasteiger charge is 2.23. The SMILES string of the molecule is COC(=O)[C@H](CC(C)C)NC(=O)COC(=O)c1ccccc1. The zero-order chi connectivity index (χ0) is 16.5. The van der Waals surface area contributed by atoms with Crippen LogP contribution in [0.4, 0.5) is 0 Å². The number of carbonyl (C=O) groups is 3. The molecule has 6 heteroatoms. The lowest BCUT2D eigenvalue weighted by molar-refractivity contribution is -0.145. The maximum Gasteiger partial charge on any atom is 0.338 e. The molecule has 1 aromatic rings. The number of methoxy groups -OCH3 is 1. The minimum absolute atomic E-state index is 0.205. The van der Waals surface area contributed by atoms with E-state index in [1.165, 1.54) is 7.11 Å². The second-order valence-corrected chi connectivity index (χ2v) is 5.21. The summed E-state index contributed by atoms with van der Waals surface area (Å²) in [7, 11) is 1.26. The summed E-state index contributed by atoms with van der Waals surface area (Å²) in [6, 6.07) is 7.62. The van der Waals surface area contributed by atoms with Gasteiger partial charge in [-0.05, 0) is 24.5 Å². The maximum atomic E-state index is 11.8. The standard InChI is InChI=1S/C16H21NO5/c1-11(2)9-13(16(20)21-3)17-14(18)10-22-15(19)12-7-5-4-6-8-12/h4-8,11,13H,9-10H2,1-3H3,(H,17,18)/t13-/m0/s1. The van der Waals surface area contributed by atoms with Crippen LogP contribution < -0.4 is 5.32 Å². The van der Waals surface area contributed by atoms with Crippen LogP contribution in [0.3, 0.4) is 0 Å². The first kappa shape index (κ1) is 17.7. The van der Waals surface area contributed by atoms with Crippen LogP contribution in [0.5, 0.6) is 0 Å². The van der Waals surface area contributed by atoms with Crippen LogP contribution in [0.1, 0.15) is 30.6 Å². The van der Waals surface area contributed by atoms with Gasteiger partial charge in [0, 0.05) is 0 Å². The minimum atomic E-state index is -0.743. The van der Waals surface area contributed by atoms with E-state index in [4.69, 9.17) is 4.74 Å². The van der Waals surface area contributed by atoms with Crippen LogP contribution in [0.2, 0.25) is 0 Å². The van der Waals surface area contributed by atoms with Crippen LogP contribution in [0.15, 0.2) is 30.3 Å². The fourth-order valence-electron chi connectivity index (χ4n) is 1.85. The average molecular weight is 307 g/mol.